The highest BCUT2D eigenvalue weighted by Crippen LogP contribution is 2.35. The van der Waals surface area contributed by atoms with Crippen LogP contribution < -0.4 is 10.1 Å². The maximum absolute atomic E-state index is 13.3. The first kappa shape index (κ1) is 18.2. The van der Waals surface area contributed by atoms with Crippen LogP contribution in [0, 0.1) is 11.2 Å². The van der Waals surface area contributed by atoms with Gasteiger partial charge in [-0.1, -0.05) is 44.5 Å². The molecule has 1 atom stereocenters. The lowest BCUT2D eigenvalue weighted by molar-refractivity contribution is -0.0171. The van der Waals surface area contributed by atoms with Crippen molar-refractivity contribution in [2.24, 2.45) is 5.41 Å². The Kier molecular flexibility index (Phi) is 5.32. The first-order valence-electron chi connectivity index (χ1n) is 8.35. The number of hydrogen-bond acceptors (Lipinski definition) is 3. The number of fused-ring (bicyclic) bond motifs is 1. The molecule has 1 N–H and O–H groups in total. The molecule has 0 radical (unpaired) electrons. The molecule has 0 spiro atoms. The zero-order valence-electron chi connectivity index (χ0n) is 14.7. The van der Waals surface area contributed by atoms with Gasteiger partial charge in [-0.15, -0.1) is 0 Å². The minimum atomic E-state index is -0.228. The molecule has 1 aliphatic rings. The Labute approximate surface area is 153 Å². The summed E-state index contributed by atoms with van der Waals surface area (Å²) in [6.07, 6.45) is 0. The molecule has 3 rings (SSSR count). The van der Waals surface area contributed by atoms with Gasteiger partial charge in [0.1, 0.15) is 11.6 Å². The number of hydrogen-bond donors (Lipinski definition) is 1. The lowest BCUT2D eigenvalue weighted by Crippen LogP contribution is -2.32. The fraction of sp³-hybridized carbons (Fsp3) is 0.400. The summed E-state index contributed by atoms with van der Waals surface area (Å²) in [6, 6.07) is 10.5. The van der Waals surface area contributed by atoms with Crippen LogP contribution in [0.2, 0.25) is 5.02 Å². The fourth-order valence-electron chi connectivity index (χ4n) is 3.18. The molecule has 0 saturated carbocycles. The molecule has 1 aliphatic heterocycles. The van der Waals surface area contributed by atoms with Crippen LogP contribution in [0.4, 0.5) is 4.39 Å². The summed E-state index contributed by atoms with van der Waals surface area (Å²) in [5.74, 6) is 0.614. The third-order valence-corrected chi connectivity index (χ3v) is 4.54. The van der Waals surface area contributed by atoms with E-state index >= 15 is 0 Å². The number of benzene rings is 2. The van der Waals surface area contributed by atoms with Crippen LogP contribution in [0.15, 0.2) is 36.4 Å². The molecule has 1 heterocycles. The lowest BCUT2D eigenvalue weighted by atomic mass is 9.82. The van der Waals surface area contributed by atoms with Crippen molar-refractivity contribution in [2.45, 2.75) is 40.0 Å². The Morgan fingerprint density at radius 2 is 1.92 bits per heavy atom. The molecule has 2 aromatic rings. The highest BCUT2D eigenvalue weighted by molar-refractivity contribution is 6.30. The Morgan fingerprint density at radius 3 is 2.60 bits per heavy atom. The predicted octanol–water partition coefficient (Wildman–Crippen LogP) is 5.22. The third kappa shape index (κ3) is 4.32. The van der Waals surface area contributed by atoms with Gasteiger partial charge in [-0.2, -0.15) is 0 Å². The van der Waals surface area contributed by atoms with Gasteiger partial charge in [0.05, 0.1) is 6.61 Å². The maximum atomic E-state index is 13.3. The molecule has 3 nitrogen and oxygen atoms in total. The van der Waals surface area contributed by atoms with E-state index in [9.17, 15) is 4.39 Å². The average Bonchev–Trinajstić information content (AvgIpc) is 2.55. The summed E-state index contributed by atoms with van der Waals surface area (Å²) >= 11 is 6.24. The van der Waals surface area contributed by atoms with Crippen molar-refractivity contribution >= 4 is 11.6 Å². The van der Waals surface area contributed by atoms with Gasteiger partial charge >= 0.3 is 0 Å². The Bertz CT molecular complexity index is 741. The van der Waals surface area contributed by atoms with Gasteiger partial charge in [0.15, 0.2) is 6.79 Å². The second-order valence-electron chi connectivity index (χ2n) is 7.40. The second-order valence-corrected chi connectivity index (χ2v) is 7.83. The Hall–Kier alpha value is -1.62. The maximum Gasteiger partial charge on any atom is 0.189 e. The summed E-state index contributed by atoms with van der Waals surface area (Å²) in [5.41, 5.74) is 2.97. The van der Waals surface area contributed by atoms with Gasteiger partial charge in [-0.25, -0.2) is 4.39 Å². The molecule has 0 bridgehead atoms. The van der Waals surface area contributed by atoms with E-state index in [0.717, 1.165) is 22.4 Å². The first-order valence-corrected chi connectivity index (χ1v) is 8.73. The van der Waals surface area contributed by atoms with E-state index < -0.39 is 0 Å². The number of ether oxygens (including phenoxy) is 2. The van der Waals surface area contributed by atoms with Crippen molar-refractivity contribution in [3.8, 4) is 5.75 Å². The zero-order chi connectivity index (χ0) is 18.0. The Balaban J connectivity index is 1.85. The summed E-state index contributed by atoms with van der Waals surface area (Å²) in [4.78, 5) is 0. The van der Waals surface area contributed by atoms with Crippen molar-refractivity contribution in [2.75, 3.05) is 6.79 Å². The van der Waals surface area contributed by atoms with E-state index in [-0.39, 0.29) is 24.1 Å². The summed E-state index contributed by atoms with van der Waals surface area (Å²) in [5, 5.41) is 4.25. The van der Waals surface area contributed by atoms with E-state index in [1.807, 2.05) is 24.3 Å². The smallest absolute Gasteiger partial charge is 0.189 e. The van der Waals surface area contributed by atoms with Gasteiger partial charge in [0.25, 0.3) is 0 Å². The molecule has 0 fully saturated rings. The van der Waals surface area contributed by atoms with Crippen molar-refractivity contribution in [1.29, 1.82) is 0 Å². The van der Waals surface area contributed by atoms with E-state index in [4.69, 9.17) is 21.1 Å². The predicted molar refractivity (Wildman–Crippen MR) is 97.2 cm³/mol. The number of rotatable bonds is 4. The minimum absolute atomic E-state index is 0.0412. The van der Waals surface area contributed by atoms with Crippen LogP contribution in [0.3, 0.4) is 0 Å². The minimum Gasteiger partial charge on any atom is -0.467 e. The average molecular weight is 364 g/mol. The monoisotopic (exact) mass is 363 g/mol. The van der Waals surface area contributed by atoms with Crippen LogP contribution in [0.5, 0.6) is 5.75 Å². The van der Waals surface area contributed by atoms with Crippen molar-refractivity contribution < 1.29 is 13.9 Å². The number of nitrogens with one attached hydrogen (secondary N) is 1. The number of halogens is 2. The normalized spacial score (nSPS) is 15.4. The zero-order valence-corrected chi connectivity index (χ0v) is 15.5. The largest absolute Gasteiger partial charge is 0.467 e. The van der Waals surface area contributed by atoms with Gasteiger partial charge in [-0.3, -0.25) is 0 Å². The van der Waals surface area contributed by atoms with Crippen molar-refractivity contribution in [3.63, 3.8) is 0 Å². The molecule has 0 amide bonds. The molecule has 134 valence electrons. The summed E-state index contributed by atoms with van der Waals surface area (Å²) in [6.45, 7) is 7.83. The van der Waals surface area contributed by atoms with Gasteiger partial charge in [-0.05, 0) is 35.2 Å². The van der Waals surface area contributed by atoms with E-state index in [0.29, 0.717) is 18.2 Å². The molecule has 25 heavy (non-hydrogen) atoms. The second kappa shape index (κ2) is 7.32. The van der Waals surface area contributed by atoms with Crippen LogP contribution in [0.1, 0.15) is 43.5 Å². The van der Waals surface area contributed by atoms with Gasteiger partial charge in [0, 0.05) is 28.7 Å². The summed E-state index contributed by atoms with van der Waals surface area (Å²) in [7, 11) is 0. The van der Waals surface area contributed by atoms with Gasteiger partial charge in [0.2, 0.25) is 0 Å². The molecule has 0 aromatic heterocycles. The SMILES string of the molecule is CC(C)(C)C(NCc1cc(Cl)cc2c1OCOC2)c1ccc(F)cc1. The lowest BCUT2D eigenvalue weighted by Gasteiger charge is -2.33. The van der Waals surface area contributed by atoms with Gasteiger partial charge < -0.3 is 14.8 Å². The van der Waals surface area contributed by atoms with E-state index in [1.165, 1.54) is 12.1 Å². The first-order chi connectivity index (χ1) is 11.8. The summed E-state index contributed by atoms with van der Waals surface area (Å²) < 4.78 is 24.3. The standard InChI is InChI=1S/C20H23ClFNO2/c1-20(2,3)19(13-4-6-17(22)7-5-13)23-10-14-8-16(21)9-15-11-24-12-25-18(14)15/h4-9,19,23H,10-12H2,1-3H3. The highest BCUT2D eigenvalue weighted by atomic mass is 35.5. The van der Waals surface area contributed by atoms with Crippen LogP contribution in [0.25, 0.3) is 0 Å². The van der Waals surface area contributed by atoms with E-state index in [1.54, 1.807) is 0 Å². The quantitative estimate of drug-likeness (QED) is 0.807. The molecule has 1 unspecified atom stereocenters. The third-order valence-electron chi connectivity index (χ3n) is 4.32. The van der Waals surface area contributed by atoms with Crippen LogP contribution in [-0.2, 0) is 17.9 Å². The van der Waals surface area contributed by atoms with E-state index in [2.05, 4.69) is 26.1 Å². The molecular weight excluding hydrogens is 341 g/mol. The Morgan fingerprint density at radius 1 is 1.20 bits per heavy atom. The van der Waals surface area contributed by atoms with Crippen molar-refractivity contribution in [1.82, 2.24) is 5.32 Å². The topological polar surface area (TPSA) is 30.5 Å². The molecule has 0 aliphatic carbocycles. The van der Waals surface area contributed by atoms with Crippen LogP contribution >= 0.6 is 11.6 Å². The fourth-order valence-corrected chi connectivity index (χ4v) is 3.44. The molecule has 5 heteroatoms. The van der Waals surface area contributed by atoms with Crippen molar-refractivity contribution in [3.05, 3.63) is 63.9 Å². The molecule has 2 aromatic carbocycles. The molecule has 0 saturated heterocycles. The molecular formula is C20H23ClFNO2. The van der Waals surface area contributed by atoms with Crippen LogP contribution in [-0.4, -0.2) is 6.79 Å². The highest BCUT2D eigenvalue weighted by Gasteiger charge is 2.26.